The van der Waals surface area contributed by atoms with E-state index in [4.69, 9.17) is 29.0 Å². The molecular weight excluding hydrogens is 291 g/mol. The van der Waals surface area contributed by atoms with Crippen LogP contribution in [-0.2, 0) is 6.42 Å². The number of hydrazine groups is 1. The molecule has 4 heteroatoms. The smallest absolute Gasteiger partial charge is 0.0453 e. The van der Waals surface area contributed by atoms with Crippen molar-refractivity contribution in [1.29, 1.82) is 0 Å². The molecule has 3 N–H and O–H groups in total. The third-order valence-corrected chi connectivity index (χ3v) is 5.36. The highest BCUT2D eigenvalue weighted by atomic mass is 35.5. The monoisotopic (exact) mass is 314 g/mol. The Kier molecular flexibility index (Phi) is 5.36. The maximum atomic E-state index is 6.26. The summed E-state index contributed by atoms with van der Waals surface area (Å²) in [6.07, 6.45) is 5.73. The largest absolute Gasteiger partial charge is 0.271 e. The Hall–Kier alpha value is -0.280. The Morgan fingerprint density at radius 2 is 1.80 bits per heavy atom. The van der Waals surface area contributed by atoms with Crippen LogP contribution >= 0.6 is 23.2 Å². The van der Waals surface area contributed by atoms with E-state index in [1.54, 1.807) is 0 Å². The molecule has 0 saturated heterocycles. The maximum absolute atomic E-state index is 6.26. The molecular formula is C16H24Cl2N2. The van der Waals surface area contributed by atoms with Crippen molar-refractivity contribution in [2.75, 3.05) is 0 Å². The highest BCUT2D eigenvalue weighted by Crippen LogP contribution is 2.40. The van der Waals surface area contributed by atoms with Crippen LogP contribution < -0.4 is 11.3 Å². The SMILES string of the molecule is CC1(C)CCC(C(Cc2c(Cl)cccc2Cl)NN)CC1. The predicted molar refractivity (Wildman–Crippen MR) is 87.0 cm³/mol. The van der Waals surface area contributed by atoms with E-state index in [1.165, 1.54) is 25.7 Å². The van der Waals surface area contributed by atoms with Gasteiger partial charge in [0.1, 0.15) is 0 Å². The topological polar surface area (TPSA) is 38.0 Å². The van der Waals surface area contributed by atoms with Gasteiger partial charge in [0, 0.05) is 16.1 Å². The third kappa shape index (κ3) is 3.88. The Balaban J connectivity index is 2.06. The molecule has 112 valence electrons. The minimum atomic E-state index is 0.239. The average molecular weight is 315 g/mol. The fourth-order valence-corrected chi connectivity index (χ4v) is 3.68. The van der Waals surface area contributed by atoms with Crippen molar-refractivity contribution in [3.05, 3.63) is 33.8 Å². The maximum Gasteiger partial charge on any atom is 0.0453 e. The molecule has 2 nitrogen and oxygen atoms in total. The number of hydrogen-bond donors (Lipinski definition) is 2. The van der Waals surface area contributed by atoms with Gasteiger partial charge in [-0.2, -0.15) is 0 Å². The van der Waals surface area contributed by atoms with Crippen molar-refractivity contribution in [2.45, 2.75) is 52.0 Å². The molecule has 1 aliphatic carbocycles. The molecule has 0 spiro atoms. The summed E-state index contributed by atoms with van der Waals surface area (Å²) in [6, 6.07) is 5.89. The molecule has 0 heterocycles. The highest BCUT2D eigenvalue weighted by Gasteiger charge is 2.31. The van der Waals surface area contributed by atoms with E-state index in [0.717, 1.165) is 22.0 Å². The van der Waals surface area contributed by atoms with Crippen LogP contribution in [0.2, 0.25) is 10.0 Å². The quantitative estimate of drug-likeness (QED) is 0.630. The Morgan fingerprint density at radius 3 is 2.30 bits per heavy atom. The predicted octanol–water partition coefficient (Wildman–Crippen LogP) is 4.58. The van der Waals surface area contributed by atoms with E-state index in [2.05, 4.69) is 19.3 Å². The molecule has 0 amide bonds. The van der Waals surface area contributed by atoms with E-state index in [-0.39, 0.29) is 6.04 Å². The van der Waals surface area contributed by atoms with Gasteiger partial charge in [-0.1, -0.05) is 43.1 Å². The number of nitrogens with one attached hydrogen (secondary N) is 1. The molecule has 0 radical (unpaired) electrons. The van der Waals surface area contributed by atoms with Gasteiger partial charge in [-0.3, -0.25) is 11.3 Å². The van der Waals surface area contributed by atoms with Crippen molar-refractivity contribution < 1.29 is 0 Å². The molecule has 2 rings (SSSR count). The van der Waals surface area contributed by atoms with E-state index in [1.807, 2.05) is 18.2 Å². The zero-order valence-electron chi connectivity index (χ0n) is 12.3. The molecule has 1 atom stereocenters. The van der Waals surface area contributed by atoms with Crippen molar-refractivity contribution in [2.24, 2.45) is 17.2 Å². The van der Waals surface area contributed by atoms with Gasteiger partial charge in [0.05, 0.1) is 0 Å². The van der Waals surface area contributed by atoms with Crippen molar-refractivity contribution in [3.63, 3.8) is 0 Å². The second-order valence-electron chi connectivity index (χ2n) is 6.68. The van der Waals surface area contributed by atoms with Crippen LogP contribution in [0.4, 0.5) is 0 Å². The zero-order chi connectivity index (χ0) is 14.8. The molecule has 1 aromatic rings. The molecule has 1 saturated carbocycles. The first-order chi connectivity index (χ1) is 9.43. The lowest BCUT2D eigenvalue weighted by Crippen LogP contribution is -2.44. The summed E-state index contributed by atoms with van der Waals surface area (Å²) in [6.45, 7) is 4.69. The fourth-order valence-electron chi connectivity index (χ4n) is 3.13. The van der Waals surface area contributed by atoms with Gasteiger partial charge >= 0.3 is 0 Å². The number of rotatable bonds is 4. The van der Waals surface area contributed by atoms with Crippen molar-refractivity contribution >= 4 is 23.2 Å². The number of nitrogens with two attached hydrogens (primary N) is 1. The van der Waals surface area contributed by atoms with Crippen LogP contribution in [0, 0.1) is 11.3 Å². The normalized spacial score (nSPS) is 20.9. The van der Waals surface area contributed by atoms with Gasteiger partial charge < -0.3 is 0 Å². The molecule has 0 aliphatic heterocycles. The van der Waals surface area contributed by atoms with Gasteiger partial charge in [0.25, 0.3) is 0 Å². The first-order valence-electron chi connectivity index (χ1n) is 7.32. The summed E-state index contributed by atoms with van der Waals surface area (Å²) in [5, 5.41) is 1.46. The second-order valence-corrected chi connectivity index (χ2v) is 7.49. The molecule has 0 bridgehead atoms. The van der Waals surface area contributed by atoms with Crippen LogP contribution in [-0.4, -0.2) is 6.04 Å². The second kappa shape index (κ2) is 6.65. The molecule has 0 aromatic heterocycles. The van der Waals surface area contributed by atoms with E-state index in [0.29, 0.717) is 11.3 Å². The van der Waals surface area contributed by atoms with Crippen molar-refractivity contribution in [3.8, 4) is 0 Å². The van der Waals surface area contributed by atoms with Gasteiger partial charge in [0.2, 0.25) is 0 Å². The molecule has 1 fully saturated rings. The molecule has 1 unspecified atom stereocenters. The summed E-state index contributed by atoms with van der Waals surface area (Å²) in [7, 11) is 0. The lowest BCUT2D eigenvalue weighted by molar-refractivity contribution is 0.161. The number of halogens is 2. The van der Waals surface area contributed by atoms with E-state index < -0.39 is 0 Å². The molecule has 1 aromatic carbocycles. The van der Waals surface area contributed by atoms with Gasteiger partial charge in [-0.05, 0) is 61.1 Å². The standard InChI is InChI=1S/C16H24Cl2N2/c1-16(2)8-6-11(7-9-16)15(20-19)10-12-13(17)4-3-5-14(12)18/h3-5,11,15,20H,6-10,19H2,1-2H3. The van der Waals surface area contributed by atoms with Crippen LogP contribution in [0.5, 0.6) is 0 Å². The first-order valence-corrected chi connectivity index (χ1v) is 8.07. The molecule has 20 heavy (non-hydrogen) atoms. The first kappa shape index (κ1) is 16.1. The average Bonchev–Trinajstić information content (AvgIpc) is 2.39. The molecule has 1 aliphatic rings. The number of hydrogen-bond acceptors (Lipinski definition) is 2. The van der Waals surface area contributed by atoms with E-state index in [9.17, 15) is 0 Å². The Morgan fingerprint density at radius 1 is 1.25 bits per heavy atom. The summed E-state index contributed by atoms with van der Waals surface area (Å²) >= 11 is 12.5. The van der Waals surface area contributed by atoms with Crippen LogP contribution in [0.25, 0.3) is 0 Å². The third-order valence-electron chi connectivity index (χ3n) is 4.65. The fraction of sp³-hybridized carbons (Fsp3) is 0.625. The summed E-state index contributed by atoms with van der Waals surface area (Å²) in [5.41, 5.74) is 4.46. The minimum Gasteiger partial charge on any atom is -0.271 e. The number of benzene rings is 1. The van der Waals surface area contributed by atoms with Crippen LogP contribution in [0.3, 0.4) is 0 Å². The highest BCUT2D eigenvalue weighted by molar-refractivity contribution is 6.36. The summed E-state index contributed by atoms with van der Waals surface area (Å²) in [5.74, 6) is 6.38. The van der Waals surface area contributed by atoms with Gasteiger partial charge in [-0.15, -0.1) is 0 Å². The Labute approximate surface area is 132 Å². The van der Waals surface area contributed by atoms with Gasteiger partial charge in [0.15, 0.2) is 0 Å². The zero-order valence-corrected chi connectivity index (χ0v) is 13.8. The van der Waals surface area contributed by atoms with Crippen LogP contribution in [0.15, 0.2) is 18.2 Å². The minimum absolute atomic E-state index is 0.239. The van der Waals surface area contributed by atoms with Crippen LogP contribution in [0.1, 0.15) is 45.1 Å². The van der Waals surface area contributed by atoms with E-state index >= 15 is 0 Å². The summed E-state index contributed by atoms with van der Waals surface area (Å²) < 4.78 is 0. The summed E-state index contributed by atoms with van der Waals surface area (Å²) in [4.78, 5) is 0. The van der Waals surface area contributed by atoms with Gasteiger partial charge in [-0.25, -0.2) is 0 Å². The van der Waals surface area contributed by atoms with Crippen molar-refractivity contribution in [1.82, 2.24) is 5.43 Å². The lowest BCUT2D eigenvalue weighted by atomic mass is 9.70. The lowest BCUT2D eigenvalue weighted by Gasteiger charge is -2.38. The Bertz CT molecular complexity index is 430.